The summed E-state index contributed by atoms with van der Waals surface area (Å²) in [6.07, 6.45) is 6.32. The number of amides is 1. The predicted molar refractivity (Wildman–Crippen MR) is 65.2 cm³/mol. The summed E-state index contributed by atoms with van der Waals surface area (Å²) >= 11 is 0. The van der Waals surface area contributed by atoms with Crippen LogP contribution in [0.15, 0.2) is 12.4 Å². The third-order valence-corrected chi connectivity index (χ3v) is 3.16. The van der Waals surface area contributed by atoms with Crippen LogP contribution in [0.1, 0.15) is 26.2 Å². The molecule has 100 valence electrons. The van der Waals surface area contributed by atoms with Gasteiger partial charge in [-0.15, -0.1) is 0 Å². The predicted octanol–water partition coefficient (Wildman–Crippen LogP) is 0.311. The lowest BCUT2D eigenvalue weighted by Gasteiger charge is -2.21. The number of hydrogen-bond donors (Lipinski definition) is 2. The molecule has 0 aliphatic heterocycles. The van der Waals surface area contributed by atoms with Crippen molar-refractivity contribution in [3.05, 3.63) is 12.4 Å². The summed E-state index contributed by atoms with van der Waals surface area (Å²) in [5, 5.41) is 15.7. The minimum atomic E-state index is -0.475. The zero-order valence-electron chi connectivity index (χ0n) is 10.5. The second-order valence-electron chi connectivity index (χ2n) is 4.45. The first-order chi connectivity index (χ1) is 8.72. The van der Waals surface area contributed by atoms with Crippen LogP contribution in [0.5, 0.6) is 5.75 Å². The van der Waals surface area contributed by atoms with Crippen LogP contribution >= 0.6 is 0 Å². The van der Waals surface area contributed by atoms with Gasteiger partial charge in [0, 0.05) is 6.54 Å². The number of nitrogens with zero attached hydrogens (tertiary/aromatic N) is 2. The molecule has 1 aliphatic rings. The Hall–Kier alpha value is -1.56. The lowest BCUT2D eigenvalue weighted by molar-refractivity contribution is -0.125. The standard InChI is InChI=1S/C12H19N3O3/c1-2-15-7-9(6-13-15)18-11-5-3-4-10(11)14-12(17)8-16/h6-7,10-11,16H,2-5,8H2,1H3,(H,14,17)/t10-,11+/m0/s1. The quantitative estimate of drug-likeness (QED) is 0.792. The molecule has 2 rings (SSSR count). The largest absolute Gasteiger partial charge is 0.485 e. The van der Waals surface area contributed by atoms with Gasteiger partial charge in [-0.2, -0.15) is 5.10 Å². The monoisotopic (exact) mass is 253 g/mol. The first-order valence-corrected chi connectivity index (χ1v) is 6.32. The van der Waals surface area contributed by atoms with Gasteiger partial charge in [0.2, 0.25) is 5.91 Å². The molecule has 6 heteroatoms. The van der Waals surface area contributed by atoms with Gasteiger partial charge in [0.25, 0.3) is 0 Å². The third kappa shape index (κ3) is 3.01. The second kappa shape index (κ2) is 5.86. The van der Waals surface area contributed by atoms with Gasteiger partial charge < -0.3 is 15.2 Å². The van der Waals surface area contributed by atoms with Crippen LogP contribution in [0, 0.1) is 0 Å². The number of aliphatic hydroxyl groups excluding tert-OH is 1. The molecule has 1 aliphatic carbocycles. The van der Waals surface area contributed by atoms with E-state index in [1.165, 1.54) is 0 Å². The van der Waals surface area contributed by atoms with E-state index in [0.717, 1.165) is 31.6 Å². The number of carbonyl (C=O) groups excluding carboxylic acids is 1. The van der Waals surface area contributed by atoms with Gasteiger partial charge in [-0.3, -0.25) is 9.48 Å². The van der Waals surface area contributed by atoms with E-state index in [-0.39, 0.29) is 18.1 Å². The molecule has 1 aromatic heterocycles. The van der Waals surface area contributed by atoms with Crippen molar-refractivity contribution in [2.24, 2.45) is 0 Å². The molecule has 2 atom stereocenters. The van der Waals surface area contributed by atoms with Crippen LogP contribution in [0.2, 0.25) is 0 Å². The first-order valence-electron chi connectivity index (χ1n) is 6.32. The molecule has 0 unspecified atom stereocenters. The van der Waals surface area contributed by atoms with Gasteiger partial charge in [0.15, 0.2) is 5.75 Å². The Morgan fingerprint density at radius 2 is 2.50 bits per heavy atom. The number of ether oxygens (including phenoxy) is 1. The van der Waals surface area contributed by atoms with E-state index < -0.39 is 6.61 Å². The molecular weight excluding hydrogens is 234 g/mol. The number of aromatic nitrogens is 2. The highest BCUT2D eigenvalue weighted by Crippen LogP contribution is 2.24. The molecule has 18 heavy (non-hydrogen) atoms. The second-order valence-corrected chi connectivity index (χ2v) is 4.45. The summed E-state index contributed by atoms with van der Waals surface area (Å²) in [6, 6.07) is -0.0189. The van der Waals surface area contributed by atoms with E-state index in [0.29, 0.717) is 0 Å². The maximum absolute atomic E-state index is 11.2. The van der Waals surface area contributed by atoms with Crippen molar-refractivity contribution < 1.29 is 14.6 Å². The SMILES string of the molecule is CCn1cc(O[C@@H]2CCC[C@@H]2NC(=O)CO)cn1. The summed E-state index contributed by atoms with van der Waals surface area (Å²) < 4.78 is 7.63. The maximum Gasteiger partial charge on any atom is 0.246 e. The number of aryl methyl sites for hydroxylation is 1. The summed E-state index contributed by atoms with van der Waals surface area (Å²) in [5.74, 6) is 0.381. The fourth-order valence-corrected chi connectivity index (χ4v) is 2.24. The van der Waals surface area contributed by atoms with E-state index in [4.69, 9.17) is 9.84 Å². The van der Waals surface area contributed by atoms with Crippen LogP contribution in [0.4, 0.5) is 0 Å². The van der Waals surface area contributed by atoms with Crippen LogP contribution in [0.3, 0.4) is 0 Å². The normalized spacial score (nSPS) is 23.0. The van der Waals surface area contributed by atoms with E-state index in [9.17, 15) is 4.79 Å². The Morgan fingerprint density at radius 3 is 3.17 bits per heavy atom. The Kier molecular flexibility index (Phi) is 4.19. The van der Waals surface area contributed by atoms with Gasteiger partial charge in [0.05, 0.1) is 18.4 Å². The minimum Gasteiger partial charge on any atom is -0.485 e. The Morgan fingerprint density at radius 1 is 1.67 bits per heavy atom. The Bertz CT molecular complexity index is 405. The number of carbonyl (C=O) groups is 1. The summed E-state index contributed by atoms with van der Waals surface area (Å²) in [7, 11) is 0. The molecule has 0 saturated heterocycles. The number of hydrogen-bond acceptors (Lipinski definition) is 4. The molecule has 1 amide bonds. The molecule has 1 fully saturated rings. The van der Waals surface area contributed by atoms with Crippen molar-refractivity contribution in [2.75, 3.05) is 6.61 Å². The average Bonchev–Trinajstić information content (AvgIpc) is 3.00. The van der Waals surface area contributed by atoms with Crippen molar-refractivity contribution in [3.63, 3.8) is 0 Å². The van der Waals surface area contributed by atoms with Crippen molar-refractivity contribution in [1.82, 2.24) is 15.1 Å². The lowest BCUT2D eigenvalue weighted by atomic mass is 10.2. The smallest absolute Gasteiger partial charge is 0.246 e. The minimum absolute atomic E-state index is 0.0189. The van der Waals surface area contributed by atoms with Crippen LogP contribution in [-0.2, 0) is 11.3 Å². The van der Waals surface area contributed by atoms with E-state index >= 15 is 0 Å². The van der Waals surface area contributed by atoms with Gasteiger partial charge in [-0.25, -0.2) is 0 Å². The molecule has 2 N–H and O–H groups in total. The molecule has 1 saturated carbocycles. The maximum atomic E-state index is 11.2. The highest BCUT2D eigenvalue weighted by molar-refractivity contribution is 5.77. The molecular formula is C12H19N3O3. The van der Waals surface area contributed by atoms with E-state index in [1.807, 2.05) is 13.1 Å². The van der Waals surface area contributed by atoms with Gasteiger partial charge >= 0.3 is 0 Å². The van der Waals surface area contributed by atoms with Gasteiger partial charge in [-0.1, -0.05) is 0 Å². The summed E-state index contributed by atoms with van der Waals surface area (Å²) in [4.78, 5) is 11.2. The Balaban J connectivity index is 1.92. The highest BCUT2D eigenvalue weighted by Gasteiger charge is 2.30. The van der Waals surface area contributed by atoms with E-state index in [1.54, 1.807) is 10.9 Å². The van der Waals surface area contributed by atoms with Crippen molar-refractivity contribution in [1.29, 1.82) is 0 Å². The topological polar surface area (TPSA) is 76.4 Å². The highest BCUT2D eigenvalue weighted by atomic mass is 16.5. The van der Waals surface area contributed by atoms with Crippen LogP contribution in [-0.4, -0.2) is 39.5 Å². The Labute approximate surface area is 106 Å². The van der Waals surface area contributed by atoms with Crippen molar-refractivity contribution >= 4 is 5.91 Å². The van der Waals surface area contributed by atoms with Gasteiger partial charge in [0.1, 0.15) is 12.7 Å². The van der Waals surface area contributed by atoms with Crippen LogP contribution < -0.4 is 10.1 Å². The summed E-state index contributed by atoms with van der Waals surface area (Å²) in [5.41, 5.74) is 0. The molecule has 1 heterocycles. The number of nitrogens with one attached hydrogen (secondary N) is 1. The summed E-state index contributed by atoms with van der Waals surface area (Å²) in [6.45, 7) is 2.34. The van der Waals surface area contributed by atoms with Crippen molar-refractivity contribution in [3.8, 4) is 5.75 Å². The molecule has 0 aromatic carbocycles. The lowest BCUT2D eigenvalue weighted by Crippen LogP contribution is -2.43. The molecule has 6 nitrogen and oxygen atoms in total. The fraction of sp³-hybridized carbons (Fsp3) is 0.667. The van der Waals surface area contributed by atoms with Gasteiger partial charge in [-0.05, 0) is 26.2 Å². The molecule has 0 bridgehead atoms. The zero-order chi connectivity index (χ0) is 13.0. The average molecular weight is 253 g/mol. The molecule has 1 aromatic rings. The molecule has 0 radical (unpaired) electrons. The molecule has 0 spiro atoms. The number of aliphatic hydroxyl groups is 1. The van der Waals surface area contributed by atoms with Crippen LogP contribution in [0.25, 0.3) is 0 Å². The number of rotatable bonds is 5. The van der Waals surface area contributed by atoms with E-state index in [2.05, 4.69) is 10.4 Å². The first kappa shape index (κ1) is 12.9. The fourth-order valence-electron chi connectivity index (χ4n) is 2.24. The van der Waals surface area contributed by atoms with Crippen molar-refractivity contribution in [2.45, 2.75) is 44.9 Å². The third-order valence-electron chi connectivity index (χ3n) is 3.16. The zero-order valence-corrected chi connectivity index (χ0v) is 10.5.